The van der Waals surface area contributed by atoms with E-state index in [-0.39, 0.29) is 0 Å². The summed E-state index contributed by atoms with van der Waals surface area (Å²) in [5.74, 6) is 0.734. The summed E-state index contributed by atoms with van der Waals surface area (Å²) in [5, 5.41) is 0. The molecule has 0 unspecified atom stereocenters. The smallest absolute Gasteiger partial charge is 0.142 e. The van der Waals surface area contributed by atoms with Crippen LogP contribution in [-0.4, -0.2) is 7.11 Å². The molecule has 0 atom stereocenters. The quantitative estimate of drug-likeness (QED) is 0.777. The van der Waals surface area contributed by atoms with E-state index in [9.17, 15) is 0 Å². The first-order valence-corrected chi connectivity index (χ1v) is 5.22. The minimum atomic E-state index is 0.712. The van der Waals surface area contributed by atoms with E-state index in [2.05, 4.69) is 12.1 Å². The number of anilines is 1. The molecule has 2 rings (SSSR count). The molecule has 2 aromatic rings. The third-order valence-electron chi connectivity index (χ3n) is 2.78. The Morgan fingerprint density at radius 3 is 2.31 bits per heavy atom. The van der Waals surface area contributed by atoms with Gasteiger partial charge in [-0.15, -0.1) is 0 Å². The molecular weight excluding hydrogens is 198 g/mol. The Morgan fingerprint density at radius 1 is 1.00 bits per heavy atom. The highest BCUT2D eigenvalue weighted by atomic mass is 16.5. The van der Waals surface area contributed by atoms with E-state index >= 15 is 0 Å². The maximum absolute atomic E-state index is 6.01. The normalized spacial score (nSPS) is 10.1. The fourth-order valence-electron chi connectivity index (χ4n) is 1.81. The predicted octanol–water partition coefficient (Wildman–Crippen LogP) is 3.25. The molecule has 2 N–H and O–H groups in total. The summed E-state index contributed by atoms with van der Waals surface area (Å²) in [6.45, 7) is 2.01. The van der Waals surface area contributed by atoms with Crippen LogP contribution >= 0.6 is 0 Å². The van der Waals surface area contributed by atoms with Crippen molar-refractivity contribution in [3.8, 4) is 16.9 Å². The minimum Gasteiger partial charge on any atom is -0.495 e. The summed E-state index contributed by atoms with van der Waals surface area (Å²) in [5.41, 5.74) is 10.1. The van der Waals surface area contributed by atoms with Crippen LogP contribution in [0.4, 0.5) is 5.69 Å². The van der Waals surface area contributed by atoms with Gasteiger partial charge in [-0.1, -0.05) is 36.4 Å². The fourth-order valence-corrected chi connectivity index (χ4v) is 1.81. The number of benzene rings is 2. The van der Waals surface area contributed by atoms with Crippen LogP contribution in [0.3, 0.4) is 0 Å². The lowest BCUT2D eigenvalue weighted by atomic mass is 9.99. The number of methoxy groups -OCH3 is 1. The van der Waals surface area contributed by atoms with Crippen molar-refractivity contribution >= 4 is 5.69 Å². The molecule has 0 aliphatic rings. The van der Waals surface area contributed by atoms with Crippen LogP contribution in [0, 0.1) is 6.92 Å². The van der Waals surface area contributed by atoms with Crippen molar-refractivity contribution in [2.75, 3.05) is 12.8 Å². The SMILES string of the molecule is COc1ccc(-c2ccccc2)c(C)c1N. The van der Waals surface area contributed by atoms with Crippen molar-refractivity contribution in [2.45, 2.75) is 6.92 Å². The van der Waals surface area contributed by atoms with Crippen molar-refractivity contribution < 1.29 is 4.74 Å². The van der Waals surface area contributed by atoms with Gasteiger partial charge < -0.3 is 10.5 Å². The Labute approximate surface area is 95.7 Å². The molecule has 2 nitrogen and oxygen atoms in total. The second-order valence-electron chi connectivity index (χ2n) is 3.72. The van der Waals surface area contributed by atoms with Crippen LogP contribution in [0.5, 0.6) is 5.75 Å². The van der Waals surface area contributed by atoms with Crippen molar-refractivity contribution in [1.29, 1.82) is 0 Å². The van der Waals surface area contributed by atoms with Gasteiger partial charge in [-0.25, -0.2) is 0 Å². The first-order chi connectivity index (χ1) is 7.74. The number of hydrogen-bond donors (Lipinski definition) is 1. The van der Waals surface area contributed by atoms with Gasteiger partial charge in [0.1, 0.15) is 5.75 Å². The van der Waals surface area contributed by atoms with Crippen LogP contribution in [0.1, 0.15) is 5.56 Å². The lowest BCUT2D eigenvalue weighted by molar-refractivity contribution is 0.417. The highest BCUT2D eigenvalue weighted by Crippen LogP contribution is 2.33. The van der Waals surface area contributed by atoms with E-state index < -0.39 is 0 Å². The molecule has 0 aliphatic carbocycles. The van der Waals surface area contributed by atoms with Crippen molar-refractivity contribution in [3.05, 3.63) is 48.0 Å². The third kappa shape index (κ3) is 1.74. The average molecular weight is 213 g/mol. The van der Waals surface area contributed by atoms with Crippen molar-refractivity contribution in [1.82, 2.24) is 0 Å². The molecule has 0 bridgehead atoms. The Hall–Kier alpha value is -1.96. The van der Waals surface area contributed by atoms with E-state index in [1.165, 1.54) is 5.56 Å². The van der Waals surface area contributed by atoms with Crippen molar-refractivity contribution in [3.63, 3.8) is 0 Å². The molecule has 0 fully saturated rings. The monoisotopic (exact) mass is 213 g/mol. The highest BCUT2D eigenvalue weighted by molar-refractivity contribution is 5.76. The summed E-state index contributed by atoms with van der Waals surface area (Å²) in [6.07, 6.45) is 0. The predicted molar refractivity (Wildman–Crippen MR) is 67.6 cm³/mol. The van der Waals surface area contributed by atoms with Gasteiger partial charge in [0.05, 0.1) is 12.8 Å². The van der Waals surface area contributed by atoms with E-state index in [1.807, 2.05) is 37.3 Å². The molecular formula is C14H15NO. The maximum Gasteiger partial charge on any atom is 0.142 e. The molecule has 0 heterocycles. The standard InChI is InChI=1S/C14H15NO/c1-10-12(11-6-4-3-5-7-11)8-9-13(16-2)14(10)15/h3-9H,15H2,1-2H3. The zero-order chi connectivity index (χ0) is 11.5. The second kappa shape index (κ2) is 4.27. The third-order valence-corrected chi connectivity index (χ3v) is 2.78. The Bertz CT molecular complexity index is 492. The summed E-state index contributed by atoms with van der Waals surface area (Å²) in [7, 11) is 1.63. The number of ether oxygens (including phenoxy) is 1. The van der Waals surface area contributed by atoms with Crippen LogP contribution in [0.2, 0.25) is 0 Å². The molecule has 0 radical (unpaired) electrons. The zero-order valence-electron chi connectivity index (χ0n) is 9.53. The maximum atomic E-state index is 6.01. The van der Waals surface area contributed by atoms with Gasteiger partial charge >= 0.3 is 0 Å². The Morgan fingerprint density at radius 2 is 1.69 bits per heavy atom. The second-order valence-corrected chi connectivity index (χ2v) is 3.72. The first kappa shape index (κ1) is 10.6. The lowest BCUT2D eigenvalue weighted by Gasteiger charge is -2.12. The first-order valence-electron chi connectivity index (χ1n) is 5.22. The van der Waals surface area contributed by atoms with E-state index in [0.29, 0.717) is 5.69 Å². The topological polar surface area (TPSA) is 35.2 Å². The van der Waals surface area contributed by atoms with Crippen LogP contribution < -0.4 is 10.5 Å². The van der Waals surface area contributed by atoms with E-state index in [4.69, 9.17) is 10.5 Å². The van der Waals surface area contributed by atoms with Gasteiger partial charge in [0.15, 0.2) is 0 Å². The minimum absolute atomic E-state index is 0.712. The largest absolute Gasteiger partial charge is 0.495 e. The molecule has 0 spiro atoms. The van der Waals surface area contributed by atoms with Crippen LogP contribution in [0.15, 0.2) is 42.5 Å². The summed E-state index contributed by atoms with van der Waals surface area (Å²) < 4.78 is 5.19. The van der Waals surface area contributed by atoms with Crippen LogP contribution in [0.25, 0.3) is 11.1 Å². The molecule has 16 heavy (non-hydrogen) atoms. The van der Waals surface area contributed by atoms with Crippen LogP contribution in [-0.2, 0) is 0 Å². The number of hydrogen-bond acceptors (Lipinski definition) is 2. The van der Waals surface area contributed by atoms with Crippen molar-refractivity contribution in [2.24, 2.45) is 0 Å². The summed E-state index contributed by atoms with van der Waals surface area (Å²) in [6, 6.07) is 14.2. The molecule has 0 saturated carbocycles. The van der Waals surface area contributed by atoms with Gasteiger partial charge in [0.2, 0.25) is 0 Å². The fraction of sp³-hybridized carbons (Fsp3) is 0.143. The number of rotatable bonds is 2. The molecule has 2 aromatic carbocycles. The molecule has 0 aromatic heterocycles. The van der Waals surface area contributed by atoms with Gasteiger partial charge in [-0.3, -0.25) is 0 Å². The summed E-state index contributed by atoms with van der Waals surface area (Å²) >= 11 is 0. The zero-order valence-corrected chi connectivity index (χ0v) is 9.53. The molecule has 82 valence electrons. The van der Waals surface area contributed by atoms with Gasteiger partial charge in [-0.2, -0.15) is 0 Å². The lowest BCUT2D eigenvalue weighted by Crippen LogP contribution is -1.97. The number of nitrogen functional groups attached to an aromatic ring is 1. The summed E-state index contributed by atoms with van der Waals surface area (Å²) in [4.78, 5) is 0. The molecule has 0 aliphatic heterocycles. The number of nitrogens with two attached hydrogens (primary N) is 1. The van der Waals surface area contributed by atoms with Gasteiger partial charge in [0, 0.05) is 0 Å². The van der Waals surface area contributed by atoms with E-state index in [1.54, 1.807) is 7.11 Å². The van der Waals surface area contributed by atoms with Gasteiger partial charge in [0.25, 0.3) is 0 Å². The molecule has 0 saturated heterocycles. The highest BCUT2D eigenvalue weighted by Gasteiger charge is 2.08. The van der Waals surface area contributed by atoms with Gasteiger partial charge in [-0.05, 0) is 29.7 Å². The average Bonchev–Trinajstić information content (AvgIpc) is 2.34. The molecule has 2 heteroatoms. The molecule has 0 amide bonds. The van der Waals surface area contributed by atoms with E-state index in [0.717, 1.165) is 16.9 Å². The Balaban J connectivity index is 2.56. The Kier molecular flexibility index (Phi) is 2.82.